The number of rotatable bonds is 6. The van der Waals surface area contributed by atoms with E-state index in [-0.39, 0.29) is 16.5 Å². The van der Waals surface area contributed by atoms with E-state index in [2.05, 4.69) is 15.5 Å². The molecule has 0 radical (unpaired) electrons. The summed E-state index contributed by atoms with van der Waals surface area (Å²) in [5.41, 5.74) is 0.941. The van der Waals surface area contributed by atoms with Gasteiger partial charge in [0.2, 0.25) is 9.84 Å². The molecule has 1 heterocycles. The summed E-state index contributed by atoms with van der Waals surface area (Å²) < 4.78 is 31.7. The lowest BCUT2D eigenvalue weighted by Gasteiger charge is -2.07. The number of hydrogen-bond donors (Lipinski definition) is 1. The van der Waals surface area contributed by atoms with E-state index in [1.165, 1.54) is 31.4 Å². The van der Waals surface area contributed by atoms with Gasteiger partial charge in [0, 0.05) is 6.07 Å². The van der Waals surface area contributed by atoms with Crippen LogP contribution in [0.4, 0.5) is 0 Å². The Morgan fingerprint density at radius 3 is 2.58 bits per heavy atom. The largest absolute Gasteiger partial charge is 0.497 e. The number of aromatic nitrogens is 4. The van der Waals surface area contributed by atoms with Gasteiger partial charge in [0.25, 0.3) is 5.16 Å². The van der Waals surface area contributed by atoms with E-state index in [9.17, 15) is 13.2 Å². The predicted octanol–water partition coefficient (Wildman–Crippen LogP) is 1.34. The van der Waals surface area contributed by atoms with Crippen LogP contribution in [0, 0.1) is 0 Å². The van der Waals surface area contributed by atoms with E-state index in [1.807, 2.05) is 0 Å². The van der Waals surface area contributed by atoms with Crippen molar-refractivity contribution in [3.8, 4) is 11.4 Å². The van der Waals surface area contributed by atoms with Gasteiger partial charge in [-0.05, 0) is 40.3 Å². The highest BCUT2D eigenvalue weighted by Crippen LogP contribution is 2.20. The van der Waals surface area contributed by atoms with E-state index < -0.39 is 15.8 Å². The first kappa shape index (κ1) is 17.5. The monoisotopic (exact) mass is 374 g/mol. The van der Waals surface area contributed by atoms with Gasteiger partial charge >= 0.3 is 5.97 Å². The van der Waals surface area contributed by atoms with Crippen LogP contribution in [-0.4, -0.2) is 46.8 Å². The Bertz CT molecular complexity index is 1040. The number of sulfone groups is 1. The molecular formula is C16H14N4O5S. The molecule has 0 aliphatic heterocycles. The third-order valence-corrected chi connectivity index (χ3v) is 5.10. The summed E-state index contributed by atoms with van der Waals surface area (Å²) in [6.45, 7) is 0. The van der Waals surface area contributed by atoms with Crippen molar-refractivity contribution < 1.29 is 23.1 Å². The van der Waals surface area contributed by atoms with Gasteiger partial charge in [0.05, 0.1) is 24.1 Å². The van der Waals surface area contributed by atoms with Crippen LogP contribution < -0.4 is 4.74 Å². The third-order valence-electron chi connectivity index (χ3n) is 3.57. The molecule has 0 saturated heterocycles. The van der Waals surface area contributed by atoms with Gasteiger partial charge < -0.3 is 9.84 Å². The zero-order valence-electron chi connectivity index (χ0n) is 13.6. The Morgan fingerprint density at radius 1 is 1.19 bits per heavy atom. The number of nitrogens with zero attached hydrogens (tertiary/aromatic N) is 4. The van der Waals surface area contributed by atoms with Crippen molar-refractivity contribution in [1.29, 1.82) is 0 Å². The highest BCUT2D eigenvalue weighted by Gasteiger charge is 2.24. The van der Waals surface area contributed by atoms with Crippen LogP contribution in [0.25, 0.3) is 5.69 Å². The summed E-state index contributed by atoms with van der Waals surface area (Å²) in [5, 5.41) is 19.4. The molecule has 0 unspecified atom stereocenters. The fraction of sp³-hybridized carbons (Fsp3) is 0.125. The minimum atomic E-state index is -3.86. The van der Waals surface area contributed by atoms with Crippen molar-refractivity contribution in [1.82, 2.24) is 20.2 Å². The first-order valence-corrected chi connectivity index (χ1v) is 9.04. The SMILES string of the molecule is COc1cccc(-n2nnnc2S(=O)(=O)Cc2ccc(C(=O)O)cc2)c1. The molecule has 0 aliphatic rings. The van der Waals surface area contributed by atoms with Crippen molar-refractivity contribution in [2.45, 2.75) is 10.9 Å². The second kappa shape index (κ2) is 6.92. The van der Waals surface area contributed by atoms with E-state index in [0.717, 1.165) is 4.68 Å². The number of methoxy groups -OCH3 is 1. The molecule has 0 bridgehead atoms. The van der Waals surface area contributed by atoms with E-state index in [0.29, 0.717) is 17.0 Å². The first-order valence-electron chi connectivity index (χ1n) is 7.38. The van der Waals surface area contributed by atoms with Gasteiger partial charge in [0.15, 0.2) is 0 Å². The van der Waals surface area contributed by atoms with Crippen molar-refractivity contribution in [3.05, 3.63) is 59.7 Å². The Morgan fingerprint density at radius 2 is 1.92 bits per heavy atom. The number of benzene rings is 2. The lowest BCUT2D eigenvalue weighted by atomic mass is 10.1. The summed E-state index contributed by atoms with van der Waals surface area (Å²) in [6, 6.07) is 12.2. The topological polar surface area (TPSA) is 124 Å². The number of tetrazole rings is 1. The molecule has 1 N–H and O–H groups in total. The molecule has 0 aliphatic carbocycles. The van der Waals surface area contributed by atoms with Crippen LogP contribution in [0.15, 0.2) is 53.7 Å². The standard InChI is InChI=1S/C16H14N4O5S/c1-25-14-4-2-3-13(9-14)20-16(17-18-19-20)26(23,24)10-11-5-7-12(8-6-11)15(21)22/h2-9H,10H2,1H3,(H,21,22). The number of aromatic carboxylic acids is 1. The lowest BCUT2D eigenvalue weighted by molar-refractivity contribution is 0.0697. The fourth-order valence-electron chi connectivity index (χ4n) is 2.30. The third kappa shape index (κ3) is 3.54. The highest BCUT2D eigenvalue weighted by molar-refractivity contribution is 7.90. The Labute approximate surface area is 148 Å². The van der Waals surface area contributed by atoms with Crippen LogP contribution in [0.1, 0.15) is 15.9 Å². The minimum absolute atomic E-state index is 0.0763. The summed E-state index contributed by atoms with van der Waals surface area (Å²) in [4.78, 5) is 10.9. The molecule has 26 heavy (non-hydrogen) atoms. The number of ether oxygens (including phenoxy) is 1. The molecule has 1 aromatic heterocycles. The zero-order valence-corrected chi connectivity index (χ0v) is 14.4. The number of carbonyl (C=O) groups is 1. The van der Waals surface area contributed by atoms with Crippen LogP contribution in [0.2, 0.25) is 0 Å². The quantitative estimate of drug-likeness (QED) is 0.685. The second-order valence-corrected chi connectivity index (χ2v) is 7.22. The average Bonchev–Trinajstić information content (AvgIpc) is 3.13. The minimum Gasteiger partial charge on any atom is -0.497 e. The molecule has 134 valence electrons. The average molecular weight is 374 g/mol. The maximum absolute atomic E-state index is 12.7. The molecule has 0 spiro atoms. The molecule has 0 atom stereocenters. The van der Waals surface area contributed by atoms with Crippen molar-refractivity contribution in [3.63, 3.8) is 0 Å². The van der Waals surface area contributed by atoms with Gasteiger partial charge in [0.1, 0.15) is 5.75 Å². The zero-order chi connectivity index (χ0) is 18.7. The second-order valence-electron chi connectivity index (χ2n) is 5.34. The Balaban J connectivity index is 1.93. The van der Waals surface area contributed by atoms with Crippen LogP contribution in [0.5, 0.6) is 5.75 Å². The summed E-state index contributed by atoms with van der Waals surface area (Å²) in [7, 11) is -2.37. The van der Waals surface area contributed by atoms with E-state index in [4.69, 9.17) is 9.84 Å². The normalized spacial score (nSPS) is 11.3. The first-order chi connectivity index (χ1) is 12.4. The Hall–Kier alpha value is -3.27. The lowest BCUT2D eigenvalue weighted by Crippen LogP contribution is -2.13. The van der Waals surface area contributed by atoms with Crippen LogP contribution in [0.3, 0.4) is 0 Å². The molecule has 2 aromatic carbocycles. The maximum atomic E-state index is 12.7. The van der Waals surface area contributed by atoms with Crippen LogP contribution >= 0.6 is 0 Å². The van der Waals surface area contributed by atoms with E-state index >= 15 is 0 Å². The van der Waals surface area contributed by atoms with Crippen molar-refractivity contribution in [2.75, 3.05) is 7.11 Å². The van der Waals surface area contributed by atoms with Gasteiger partial charge in [-0.25, -0.2) is 13.2 Å². The summed E-state index contributed by atoms with van der Waals surface area (Å²) in [6.07, 6.45) is 0. The molecule has 10 heteroatoms. The van der Waals surface area contributed by atoms with Crippen molar-refractivity contribution >= 4 is 15.8 Å². The highest BCUT2D eigenvalue weighted by atomic mass is 32.2. The molecular weight excluding hydrogens is 360 g/mol. The molecule has 0 amide bonds. The summed E-state index contributed by atoms with van der Waals surface area (Å²) >= 11 is 0. The number of carboxylic acid groups (broad SMARTS) is 1. The number of hydrogen-bond acceptors (Lipinski definition) is 7. The van der Waals surface area contributed by atoms with E-state index in [1.54, 1.807) is 24.3 Å². The predicted molar refractivity (Wildman–Crippen MR) is 90.0 cm³/mol. The molecule has 3 rings (SSSR count). The van der Waals surface area contributed by atoms with Crippen LogP contribution in [-0.2, 0) is 15.6 Å². The fourth-order valence-corrected chi connectivity index (χ4v) is 3.63. The Kier molecular flexibility index (Phi) is 4.67. The smallest absolute Gasteiger partial charge is 0.335 e. The number of carboxylic acids is 1. The molecule has 0 fully saturated rings. The van der Waals surface area contributed by atoms with Crippen molar-refractivity contribution in [2.24, 2.45) is 0 Å². The summed E-state index contributed by atoms with van der Waals surface area (Å²) in [5.74, 6) is -0.913. The van der Waals surface area contributed by atoms with Gasteiger partial charge in [-0.2, -0.15) is 4.68 Å². The van der Waals surface area contributed by atoms with Gasteiger partial charge in [-0.15, -0.1) is 0 Å². The molecule has 0 saturated carbocycles. The van der Waals surface area contributed by atoms with Gasteiger partial charge in [-0.3, -0.25) is 0 Å². The maximum Gasteiger partial charge on any atom is 0.335 e. The molecule has 3 aromatic rings. The molecule has 9 nitrogen and oxygen atoms in total. The van der Waals surface area contributed by atoms with Gasteiger partial charge in [-0.1, -0.05) is 23.3 Å².